The first kappa shape index (κ1) is 10.2. The zero-order valence-electron chi connectivity index (χ0n) is 6.73. The van der Waals surface area contributed by atoms with Gasteiger partial charge in [0.25, 0.3) is 5.69 Å². The molecule has 0 aliphatic heterocycles. The summed E-state index contributed by atoms with van der Waals surface area (Å²) in [6, 6.07) is 5.34. The fraction of sp³-hybridized carbons (Fsp3) is 0. The molecule has 2 aromatic rings. The molecule has 0 saturated carbocycles. The van der Waals surface area contributed by atoms with Gasteiger partial charge < -0.3 is 0 Å². The fourth-order valence-electron chi connectivity index (χ4n) is 1.25. The predicted molar refractivity (Wildman–Crippen MR) is 68.4 cm³/mol. The van der Waals surface area contributed by atoms with E-state index in [-0.39, 0.29) is 10.6 Å². The van der Waals surface area contributed by atoms with Crippen molar-refractivity contribution in [1.29, 1.82) is 0 Å². The molecule has 1 heterocycles. The molecule has 0 radical (unpaired) electrons. The van der Waals surface area contributed by atoms with Crippen LogP contribution in [0, 0.1) is 13.0 Å². The highest BCUT2D eigenvalue weighted by Gasteiger charge is 2.17. The van der Waals surface area contributed by atoms with Crippen molar-refractivity contribution in [3.63, 3.8) is 0 Å². The molecule has 0 amide bonds. The maximum Gasteiger partial charge on any atom is 0.291 e. The Morgan fingerprint density at radius 1 is 1.50 bits per heavy atom. The molecular formula is C8H4INO2S2. The third kappa shape index (κ3) is 1.61. The van der Waals surface area contributed by atoms with Gasteiger partial charge in [-0.3, -0.25) is 10.1 Å². The summed E-state index contributed by atoms with van der Waals surface area (Å²) in [5.41, 5.74) is 0.102. The molecule has 0 spiro atoms. The second-order valence-corrected chi connectivity index (χ2v) is 6.11. The normalized spacial score (nSPS) is 10.7. The van der Waals surface area contributed by atoms with Crippen LogP contribution < -0.4 is 0 Å². The third-order valence-corrected chi connectivity index (χ3v) is 4.03. The van der Waals surface area contributed by atoms with Crippen LogP contribution in [-0.4, -0.2) is 4.92 Å². The zero-order valence-corrected chi connectivity index (χ0v) is 10.6. The molecule has 1 aromatic carbocycles. The number of benzene rings is 1. The Balaban J connectivity index is 2.88. The SMILES string of the molecule is O=[N+]([O-])c1c(S)ccc2sc(I)cc12. The van der Waals surface area contributed by atoms with Crippen molar-refractivity contribution >= 4 is 62.3 Å². The Hall–Kier alpha value is -0.340. The minimum absolute atomic E-state index is 0.102. The first-order valence-electron chi connectivity index (χ1n) is 3.65. The van der Waals surface area contributed by atoms with Crippen molar-refractivity contribution < 1.29 is 4.92 Å². The molecule has 1 aromatic heterocycles. The Labute approximate surface area is 103 Å². The van der Waals surface area contributed by atoms with Gasteiger partial charge in [-0.15, -0.1) is 24.0 Å². The van der Waals surface area contributed by atoms with Crippen molar-refractivity contribution in [1.82, 2.24) is 0 Å². The highest BCUT2D eigenvalue weighted by atomic mass is 127. The average molecular weight is 337 g/mol. The van der Waals surface area contributed by atoms with Crippen LogP contribution in [0.1, 0.15) is 0 Å². The van der Waals surface area contributed by atoms with Gasteiger partial charge in [0.05, 0.1) is 18.1 Å². The lowest BCUT2D eigenvalue weighted by molar-refractivity contribution is -0.385. The highest BCUT2D eigenvalue weighted by Crippen LogP contribution is 2.37. The molecule has 0 aliphatic rings. The lowest BCUT2D eigenvalue weighted by atomic mass is 10.2. The van der Waals surface area contributed by atoms with Gasteiger partial charge in [-0.2, -0.15) is 0 Å². The van der Waals surface area contributed by atoms with Crippen LogP contribution in [0.3, 0.4) is 0 Å². The Morgan fingerprint density at radius 2 is 2.21 bits per heavy atom. The van der Waals surface area contributed by atoms with Gasteiger partial charge in [-0.1, -0.05) is 0 Å². The van der Waals surface area contributed by atoms with Crippen LogP contribution in [-0.2, 0) is 0 Å². The molecule has 2 rings (SSSR count). The van der Waals surface area contributed by atoms with Gasteiger partial charge >= 0.3 is 0 Å². The standard InChI is InChI=1S/C8H4INO2S2/c9-7-3-4-6(14-7)2-1-5(13)8(4)10(11)12/h1-3,13H. The van der Waals surface area contributed by atoms with Gasteiger partial charge in [0.15, 0.2) is 0 Å². The minimum atomic E-state index is -0.381. The van der Waals surface area contributed by atoms with Gasteiger partial charge in [0.1, 0.15) is 0 Å². The van der Waals surface area contributed by atoms with Crippen molar-refractivity contribution in [3.05, 3.63) is 31.2 Å². The number of rotatable bonds is 1. The van der Waals surface area contributed by atoms with Crippen LogP contribution in [0.5, 0.6) is 0 Å². The molecule has 72 valence electrons. The van der Waals surface area contributed by atoms with Crippen LogP contribution in [0.2, 0.25) is 0 Å². The first-order valence-corrected chi connectivity index (χ1v) is 5.99. The average Bonchev–Trinajstić information content (AvgIpc) is 2.43. The monoisotopic (exact) mass is 337 g/mol. The second-order valence-electron chi connectivity index (χ2n) is 2.65. The summed E-state index contributed by atoms with van der Waals surface area (Å²) in [5.74, 6) is 0. The fourth-order valence-corrected chi connectivity index (χ4v) is 3.33. The smallest absolute Gasteiger partial charge is 0.258 e. The number of nitrogens with zero attached hydrogens (tertiary/aromatic N) is 1. The summed E-state index contributed by atoms with van der Waals surface area (Å²) < 4.78 is 1.97. The van der Waals surface area contributed by atoms with Crippen LogP contribution in [0.25, 0.3) is 10.1 Å². The number of thiophene rings is 1. The van der Waals surface area contributed by atoms with E-state index in [0.29, 0.717) is 10.3 Å². The number of fused-ring (bicyclic) bond motifs is 1. The molecule has 3 nitrogen and oxygen atoms in total. The second kappa shape index (κ2) is 3.67. The minimum Gasteiger partial charge on any atom is -0.258 e. The number of hydrogen-bond donors (Lipinski definition) is 1. The van der Waals surface area contributed by atoms with Gasteiger partial charge in [-0.25, -0.2) is 0 Å². The molecule has 14 heavy (non-hydrogen) atoms. The summed E-state index contributed by atoms with van der Waals surface area (Å²) in [4.78, 5) is 10.8. The van der Waals surface area contributed by atoms with E-state index >= 15 is 0 Å². The van der Waals surface area contributed by atoms with E-state index in [0.717, 1.165) is 7.58 Å². The van der Waals surface area contributed by atoms with E-state index < -0.39 is 0 Å². The van der Waals surface area contributed by atoms with Crippen molar-refractivity contribution in [2.24, 2.45) is 0 Å². The molecule has 0 atom stereocenters. The first-order chi connectivity index (χ1) is 6.59. The van der Waals surface area contributed by atoms with Gasteiger partial charge in [0.2, 0.25) is 0 Å². The number of thiol groups is 1. The quantitative estimate of drug-likeness (QED) is 0.373. The van der Waals surface area contributed by atoms with E-state index in [2.05, 4.69) is 35.2 Å². The summed E-state index contributed by atoms with van der Waals surface area (Å²) in [6.07, 6.45) is 0. The Kier molecular flexibility index (Phi) is 2.67. The zero-order chi connectivity index (χ0) is 10.3. The molecule has 0 aliphatic carbocycles. The molecule has 0 fully saturated rings. The van der Waals surface area contributed by atoms with Gasteiger partial charge in [-0.05, 0) is 40.8 Å². The lowest BCUT2D eigenvalue weighted by Crippen LogP contribution is -1.89. The van der Waals surface area contributed by atoms with Crippen LogP contribution in [0.4, 0.5) is 5.69 Å². The summed E-state index contributed by atoms with van der Waals surface area (Å²) in [7, 11) is 0. The number of nitro groups is 1. The summed E-state index contributed by atoms with van der Waals surface area (Å²) in [5, 5.41) is 11.5. The molecule has 0 N–H and O–H groups in total. The Morgan fingerprint density at radius 3 is 2.86 bits per heavy atom. The van der Waals surface area contributed by atoms with Crippen molar-refractivity contribution in [2.45, 2.75) is 4.90 Å². The maximum atomic E-state index is 10.8. The largest absolute Gasteiger partial charge is 0.291 e. The highest BCUT2D eigenvalue weighted by molar-refractivity contribution is 14.1. The third-order valence-electron chi connectivity index (χ3n) is 1.80. The van der Waals surface area contributed by atoms with Gasteiger partial charge in [0, 0.05) is 4.70 Å². The molecular weight excluding hydrogens is 333 g/mol. The lowest BCUT2D eigenvalue weighted by Gasteiger charge is -1.96. The van der Waals surface area contributed by atoms with E-state index in [1.165, 1.54) is 0 Å². The number of halogens is 1. The summed E-state index contributed by atoms with van der Waals surface area (Å²) in [6.45, 7) is 0. The van der Waals surface area contributed by atoms with E-state index in [4.69, 9.17) is 0 Å². The molecule has 0 bridgehead atoms. The van der Waals surface area contributed by atoms with Crippen LogP contribution >= 0.6 is 46.6 Å². The van der Waals surface area contributed by atoms with E-state index in [9.17, 15) is 10.1 Å². The number of nitro benzene ring substituents is 1. The van der Waals surface area contributed by atoms with E-state index in [1.807, 2.05) is 12.1 Å². The molecule has 0 saturated heterocycles. The molecule has 6 heteroatoms. The Bertz CT molecular complexity index is 523. The van der Waals surface area contributed by atoms with Crippen LogP contribution in [0.15, 0.2) is 23.1 Å². The van der Waals surface area contributed by atoms with Crippen molar-refractivity contribution in [3.8, 4) is 0 Å². The molecule has 0 unspecified atom stereocenters. The van der Waals surface area contributed by atoms with E-state index in [1.54, 1.807) is 17.4 Å². The van der Waals surface area contributed by atoms with Crippen molar-refractivity contribution in [2.75, 3.05) is 0 Å². The predicted octanol–water partition coefficient (Wildman–Crippen LogP) is 3.70. The number of hydrogen-bond acceptors (Lipinski definition) is 4. The summed E-state index contributed by atoms with van der Waals surface area (Å²) >= 11 is 7.78. The maximum absolute atomic E-state index is 10.8. The topological polar surface area (TPSA) is 43.1 Å².